The third-order valence-corrected chi connectivity index (χ3v) is 6.07. The fourth-order valence-corrected chi connectivity index (χ4v) is 5.19. The second-order valence-electron chi connectivity index (χ2n) is 6.59. The summed E-state index contributed by atoms with van der Waals surface area (Å²) in [6.45, 7) is 0. The molecule has 0 saturated carbocycles. The largest absolute Gasteiger partial charge is 0.506 e. The molecule has 1 N–H and O–H groups in total. The normalized spacial score (nSPS) is 21.2. The maximum Gasteiger partial charge on any atom is 0.163 e. The molecule has 0 fully saturated rings. The molecule has 3 aliphatic rings. The lowest BCUT2D eigenvalue weighted by molar-refractivity contribution is -0.117. The Hall–Kier alpha value is -1.40. The van der Waals surface area contributed by atoms with E-state index in [1.165, 1.54) is 0 Å². The molecule has 0 bridgehead atoms. The van der Waals surface area contributed by atoms with Crippen molar-refractivity contribution in [1.29, 1.82) is 0 Å². The topological polar surface area (TPSA) is 63.6 Å². The number of Topliss-reactive ketones (excluding diaryl/α,β-unsaturated/α-hetero) is 2. The summed E-state index contributed by atoms with van der Waals surface area (Å²) in [5.41, 5.74) is 1.65. The summed E-state index contributed by atoms with van der Waals surface area (Å²) in [7, 11) is 0. The number of hydrogen-bond donors (Lipinski definition) is 1. The van der Waals surface area contributed by atoms with Crippen LogP contribution in [0, 0.1) is 0 Å². The van der Waals surface area contributed by atoms with Gasteiger partial charge in [-0.25, -0.2) is 0 Å². The van der Waals surface area contributed by atoms with Crippen molar-refractivity contribution in [2.75, 3.05) is 0 Å². The molecule has 25 heavy (non-hydrogen) atoms. The predicted octanol–water partition coefficient (Wildman–Crippen LogP) is 5.05. The van der Waals surface area contributed by atoms with Crippen molar-refractivity contribution < 1.29 is 19.4 Å². The lowest BCUT2D eigenvalue weighted by atomic mass is 9.73. The fraction of sp³-hybridized carbons (Fsp3) is 0.368. The number of halogens is 2. The number of aromatic hydroxyl groups is 1. The van der Waals surface area contributed by atoms with Crippen molar-refractivity contribution >= 4 is 43.4 Å². The first kappa shape index (κ1) is 17.0. The molecule has 0 aromatic heterocycles. The highest BCUT2D eigenvalue weighted by Crippen LogP contribution is 2.50. The number of carbonyl (C=O) groups is 2. The molecule has 4 rings (SSSR count). The van der Waals surface area contributed by atoms with Gasteiger partial charge in [0.2, 0.25) is 0 Å². The van der Waals surface area contributed by atoms with Gasteiger partial charge in [-0.15, -0.1) is 0 Å². The van der Waals surface area contributed by atoms with Crippen LogP contribution in [0.3, 0.4) is 0 Å². The number of rotatable bonds is 1. The Balaban J connectivity index is 1.98. The number of allylic oxidation sites excluding steroid dienone is 4. The summed E-state index contributed by atoms with van der Waals surface area (Å²) < 4.78 is 7.30. The lowest BCUT2D eigenvalue weighted by Crippen LogP contribution is -2.30. The van der Waals surface area contributed by atoms with Gasteiger partial charge in [0, 0.05) is 46.9 Å². The minimum atomic E-state index is -0.548. The minimum absolute atomic E-state index is 0.00618. The Bertz CT molecular complexity index is 824. The van der Waals surface area contributed by atoms with Crippen LogP contribution < -0.4 is 0 Å². The van der Waals surface area contributed by atoms with E-state index in [2.05, 4.69) is 31.9 Å². The van der Waals surface area contributed by atoms with E-state index >= 15 is 0 Å². The molecule has 130 valence electrons. The molecule has 1 aromatic carbocycles. The van der Waals surface area contributed by atoms with Gasteiger partial charge < -0.3 is 9.84 Å². The van der Waals surface area contributed by atoms with Gasteiger partial charge in [0.25, 0.3) is 0 Å². The third kappa shape index (κ3) is 2.79. The monoisotopic (exact) mass is 466 g/mol. The summed E-state index contributed by atoms with van der Waals surface area (Å²) in [4.78, 5) is 25.4. The highest BCUT2D eigenvalue weighted by atomic mass is 79.9. The molecular formula is C19H16Br2O4. The first-order valence-corrected chi connectivity index (χ1v) is 9.94. The summed E-state index contributed by atoms with van der Waals surface area (Å²) in [6, 6.07) is 3.53. The first-order chi connectivity index (χ1) is 12.0. The Labute approximate surface area is 162 Å². The molecule has 6 heteroatoms. The predicted molar refractivity (Wildman–Crippen MR) is 99.1 cm³/mol. The van der Waals surface area contributed by atoms with Crippen molar-refractivity contribution in [3.05, 3.63) is 49.3 Å². The zero-order valence-electron chi connectivity index (χ0n) is 13.4. The van der Waals surface area contributed by atoms with Crippen LogP contribution in [0.4, 0.5) is 0 Å². The average Bonchev–Trinajstić information content (AvgIpc) is 2.57. The van der Waals surface area contributed by atoms with E-state index < -0.39 is 5.92 Å². The van der Waals surface area contributed by atoms with E-state index in [0.717, 1.165) is 17.3 Å². The number of carbonyl (C=O) groups excluding carboxylic acids is 2. The highest BCUT2D eigenvalue weighted by molar-refractivity contribution is 9.11. The van der Waals surface area contributed by atoms with Crippen LogP contribution in [-0.2, 0) is 14.3 Å². The SMILES string of the molecule is O=C1CCCC2=C1C(c1cc(Br)cc(Br)c1O)C1=C(CCCC1=O)O2. The van der Waals surface area contributed by atoms with Crippen LogP contribution in [0.5, 0.6) is 5.75 Å². The maximum atomic E-state index is 12.7. The van der Waals surface area contributed by atoms with Gasteiger partial charge in [-0.05, 0) is 40.9 Å². The molecule has 2 aliphatic carbocycles. The minimum Gasteiger partial charge on any atom is -0.506 e. The molecular weight excluding hydrogens is 452 g/mol. The zero-order valence-corrected chi connectivity index (χ0v) is 16.6. The molecule has 1 heterocycles. The van der Waals surface area contributed by atoms with E-state index in [1.807, 2.05) is 0 Å². The van der Waals surface area contributed by atoms with E-state index in [9.17, 15) is 14.7 Å². The van der Waals surface area contributed by atoms with Gasteiger partial charge in [-0.2, -0.15) is 0 Å². The van der Waals surface area contributed by atoms with Crippen molar-refractivity contribution in [2.24, 2.45) is 0 Å². The van der Waals surface area contributed by atoms with E-state index in [-0.39, 0.29) is 17.3 Å². The number of ketones is 2. The molecule has 0 amide bonds. The molecule has 0 radical (unpaired) electrons. The number of benzene rings is 1. The molecule has 0 unspecified atom stereocenters. The third-order valence-electron chi connectivity index (χ3n) is 5.01. The fourth-order valence-electron chi connectivity index (χ4n) is 3.93. The first-order valence-electron chi connectivity index (χ1n) is 8.35. The van der Waals surface area contributed by atoms with Crippen LogP contribution in [0.2, 0.25) is 0 Å². The smallest absolute Gasteiger partial charge is 0.163 e. The average molecular weight is 468 g/mol. The number of hydrogen-bond acceptors (Lipinski definition) is 4. The van der Waals surface area contributed by atoms with Crippen molar-refractivity contribution in [2.45, 2.75) is 44.4 Å². The lowest BCUT2D eigenvalue weighted by Gasteiger charge is -2.36. The van der Waals surface area contributed by atoms with Crippen LogP contribution >= 0.6 is 31.9 Å². The van der Waals surface area contributed by atoms with E-state index in [0.29, 0.717) is 58.4 Å². The second kappa shape index (κ2) is 6.40. The number of ether oxygens (including phenoxy) is 1. The summed E-state index contributed by atoms with van der Waals surface area (Å²) in [6.07, 6.45) is 3.80. The van der Waals surface area contributed by atoms with Gasteiger partial charge in [0.1, 0.15) is 17.3 Å². The van der Waals surface area contributed by atoms with Crippen LogP contribution in [-0.4, -0.2) is 16.7 Å². The van der Waals surface area contributed by atoms with Gasteiger partial charge in [0.15, 0.2) is 11.6 Å². The van der Waals surface area contributed by atoms with E-state index in [1.54, 1.807) is 12.1 Å². The quantitative estimate of drug-likeness (QED) is 0.627. The number of phenols is 1. The Morgan fingerprint density at radius 1 is 0.920 bits per heavy atom. The van der Waals surface area contributed by atoms with Gasteiger partial charge in [0.05, 0.1) is 10.4 Å². The Kier molecular flexibility index (Phi) is 4.36. The molecule has 0 saturated heterocycles. The van der Waals surface area contributed by atoms with Crippen molar-refractivity contribution in [1.82, 2.24) is 0 Å². The summed E-state index contributed by atoms with van der Waals surface area (Å²) in [5.74, 6) is 0.868. The Morgan fingerprint density at radius 3 is 2.04 bits per heavy atom. The van der Waals surface area contributed by atoms with Crippen LogP contribution in [0.1, 0.15) is 50.0 Å². The van der Waals surface area contributed by atoms with Crippen molar-refractivity contribution in [3.63, 3.8) is 0 Å². The number of phenolic OH excluding ortho intramolecular Hbond substituents is 1. The molecule has 0 spiro atoms. The zero-order chi connectivity index (χ0) is 17.7. The maximum absolute atomic E-state index is 12.7. The van der Waals surface area contributed by atoms with Gasteiger partial charge in [-0.3, -0.25) is 9.59 Å². The molecule has 1 aromatic rings. The van der Waals surface area contributed by atoms with Crippen LogP contribution in [0.25, 0.3) is 0 Å². The molecule has 1 aliphatic heterocycles. The molecule has 0 atom stereocenters. The molecule has 4 nitrogen and oxygen atoms in total. The van der Waals surface area contributed by atoms with Crippen molar-refractivity contribution in [3.8, 4) is 5.75 Å². The summed E-state index contributed by atoms with van der Waals surface area (Å²) >= 11 is 6.80. The highest BCUT2D eigenvalue weighted by Gasteiger charge is 2.42. The van der Waals surface area contributed by atoms with Gasteiger partial charge >= 0.3 is 0 Å². The van der Waals surface area contributed by atoms with Gasteiger partial charge in [-0.1, -0.05) is 15.9 Å². The van der Waals surface area contributed by atoms with Crippen LogP contribution in [0.15, 0.2) is 43.7 Å². The van der Waals surface area contributed by atoms with E-state index in [4.69, 9.17) is 4.74 Å². The summed E-state index contributed by atoms with van der Waals surface area (Å²) in [5, 5.41) is 10.7. The standard InChI is InChI=1S/C19H16Br2O4/c20-9-7-10(19(24)11(21)8-9)16-17-12(22)3-1-5-14(17)25-15-6-2-4-13(23)18(15)16/h7-8,16,24H,1-6H2. The Morgan fingerprint density at radius 2 is 1.48 bits per heavy atom. The second-order valence-corrected chi connectivity index (χ2v) is 8.36.